The van der Waals surface area contributed by atoms with E-state index in [4.69, 9.17) is 0 Å². The first kappa shape index (κ1) is 14.4. The second-order valence-electron chi connectivity index (χ2n) is 4.16. The zero-order valence-corrected chi connectivity index (χ0v) is 9.96. The van der Waals surface area contributed by atoms with E-state index in [1.54, 1.807) is 0 Å². The lowest BCUT2D eigenvalue weighted by Crippen LogP contribution is -2.52. The summed E-state index contributed by atoms with van der Waals surface area (Å²) >= 11 is 0. The summed E-state index contributed by atoms with van der Waals surface area (Å²) in [5.41, 5.74) is -4.00. The Hall–Kier alpha value is -1.97. The summed E-state index contributed by atoms with van der Waals surface area (Å²) in [6.45, 7) is -0.498. The van der Waals surface area contributed by atoms with Crippen LogP contribution in [-0.2, 0) is 11.3 Å². The average Bonchev–Trinajstić information content (AvgIpc) is 2.97. The van der Waals surface area contributed by atoms with Crippen molar-refractivity contribution in [2.75, 3.05) is 0 Å². The molecule has 0 spiro atoms. The van der Waals surface area contributed by atoms with Gasteiger partial charge in [0.05, 0.1) is 0 Å². The Morgan fingerprint density at radius 3 is 2.65 bits per heavy atom. The van der Waals surface area contributed by atoms with E-state index in [1.165, 1.54) is 18.5 Å². The Morgan fingerprint density at radius 1 is 1.45 bits per heavy atom. The molecule has 1 aromatic heterocycles. The molecule has 1 atom stereocenters. The molecule has 0 aliphatic carbocycles. The average molecular weight is 294 g/mol. The molecule has 2 heterocycles. The highest BCUT2D eigenvalue weighted by atomic mass is 19.3. The van der Waals surface area contributed by atoms with E-state index in [2.05, 4.69) is 10.2 Å². The van der Waals surface area contributed by atoms with Gasteiger partial charge in [-0.1, -0.05) is 0 Å². The van der Waals surface area contributed by atoms with E-state index in [0.29, 0.717) is 0 Å². The number of amides is 1. The van der Waals surface area contributed by atoms with Gasteiger partial charge in [-0.15, -0.1) is 0 Å². The van der Waals surface area contributed by atoms with Crippen molar-refractivity contribution in [2.45, 2.75) is 31.5 Å². The molecule has 0 saturated heterocycles. The SMILES string of the molecule is O=C(Cn1cccn1)N1N=C(C(F)F)CC1(O)C(F)F. The minimum absolute atomic E-state index is 0.0147. The number of nitrogens with zero attached hydrogens (tertiary/aromatic N) is 4. The number of hydrogen-bond acceptors (Lipinski definition) is 4. The van der Waals surface area contributed by atoms with Gasteiger partial charge in [-0.3, -0.25) is 9.48 Å². The van der Waals surface area contributed by atoms with Crippen LogP contribution >= 0.6 is 0 Å². The molecule has 2 rings (SSSR count). The van der Waals surface area contributed by atoms with E-state index in [0.717, 1.165) is 4.68 Å². The number of halogens is 4. The molecule has 1 unspecified atom stereocenters. The van der Waals surface area contributed by atoms with Crippen molar-refractivity contribution in [1.82, 2.24) is 14.8 Å². The second-order valence-corrected chi connectivity index (χ2v) is 4.16. The van der Waals surface area contributed by atoms with Gasteiger partial charge in [0.1, 0.15) is 12.3 Å². The Morgan fingerprint density at radius 2 is 2.15 bits per heavy atom. The number of hydrogen-bond donors (Lipinski definition) is 1. The number of carbonyl (C=O) groups is 1. The van der Waals surface area contributed by atoms with E-state index in [9.17, 15) is 27.5 Å². The number of aliphatic hydroxyl groups is 1. The minimum atomic E-state index is -3.43. The van der Waals surface area contributed by atoms with Gasteiger partial charge in [-0.2, -0.15) is 15.2 Å². The van der Waals surface area contributed by atoms with Gasteiger partial charge in [0.2, 0.25) is 5.72 Å². The fraction of sp³-hybridized carbons (Fsp3) is 0.500. The van der Waals surface area contributed by atoms with Crippen LogP contribution in [0.2, 0.25) is 0 Å². The Kier molecular flexibility index (Phi) is 3.75. The molecule has 6 nitrogen and oxygen atoms in total. The van der Waals surface area contributed by atoms with Gasteiger partial charge in [-0.25, -0.2) is 17.6 Å². The van der Waals surface area contributed by atoms with E-state index in [-0.39, 0.29) is 5.01 Å². The molecule has 1 amide bonds. The number of rotatable bonds is 4. The van der Waals surface area contributed by atoms with Crippen molar-refractivity contribution in [3.63, 3.8) is 0 Å². The third-order valence-electron chi connectivity index (χ3n) is 2.73. The van der Waals surface area contributed by atoms with E-state index >= 15 is 0 Å². The number of alkyl halides is 4. The molecule has 10 heteroatoms. The number of carbonyl (C=O) groups excluding carboxylic acids is 1. The molecule has 110 valence electrons. The summed E-state index contributed by atoms with van der Waals surface area (Å²) in [7, 11) is 0. The highest BCUT2D eigenvalue weighted by Crippen LogP contribution is 2.33. The summed E-state index contributed by atoms with van der Waals surface area (Å²) in [6, 6.07) is 1.49. The molecule has 20 heavy (non-hydrogen) atoms. The molecule has 1 aliphatic heterocycles. The first-order valence-electron chi connectivity index (χ1n) is 5.51. The smallest absolute Gasteiger partial charge is 0.287 e. The van der Waals surface area contributed by atoms with Gasteiger partial charge in [-0.05, 0) is 6.07 Å². The summed E-state index contributed by atoms with van der Waals surface area (Å²) in [5.74, 6) is -1.06. The zero-order chi connectivity index (χ0) is 14.9. The fourth-order valence-electron chi connectivity index (χ4n) is 1.75. The maximum Gasteiger partial charge on any atom is 0.287 e. The van der Waals surface area contributed by atoms with Crippen LogP contribution in [0.5, 0.6) is 0 Å². The van der Waals surface area contributed by atoms with Gasteiger partial charge in [0.15, 0.2) is 0 Å². The lowest BCUT2D eigenvalue weighted by atomic mass is 10.1. The van der Waals surface area contributed by atoms with Gasteiger partial charge < -0.3 is 5.11 Å². The molecule has 0 saturated carbocycles. The molecule has 1 aromatic rings. The van der Waals surface area contributed by atoms with Gasteiger partial charge in [0, 0.05) is 18.8 Å². The fourth-order valence-corrected chi connectivity index (χ4v) is 1.75. The summed E-state index contributed by atoms with van der Waals surface area (Å²) < 4.78 is 51.9. The van der Waals surface area contributed by atoms with E-state index in [1.807, 2.05) is 0 Å². The van der Waals surface area contributed by atoms with Crippen LogP contribution in [0.15, 0.2) is 23.6 Å². The normalized spacial score (nSPS) is 22.8. The highest BCUT2D eigenvalue weighted by molar-refractivity contribution is 5.92. The first-order chi connectivity index (χ1) is 9.34. The molecule has 1 N–H and O–H groups in total. The molecule has 0 aromatic carbocycles. The number of aromatic nitrogens is 2. The quantitative estimate of drug-likeness (QED) is 0.831. The standard InChI is InChI=1S/C10H10F4N4O2/c11-8(12)6-4-10(20,9(13)14)18(16-6)7(19)5-17-3-1-2-15-17/h1-3,8-9,20H,4-5H2. The molecular weight excluding hydrogens is 284 g/mol. The monoisotopic (exact) mass is 294 g/mol. The van der Waals surface area contributed by atoms with Crippen molar-refractivity contribution >= 4 is 11.6 Å². The van der Waals surface area contributed by atoms with Gasteiger partial charge in [0.25, 0.3) is 18.8 Å². The van der Waals surface area contributed by atoms with Crippen molar-refractivity contribution in [3.05, 3.63) is 18.5 Å². The third-order valence-corrected chi connectivity index (χ3v) is 2.73. The highest BCUT2D eigenvalue weighted by Gasteiger charge is 2.53. The van der Waals surface area contributed by atoms with Crippen LogP contribution < -0.4 is 0 Å². The largest absolute Gasteiger partial charge is 0.364 e. The maximum absolute atomic E-state index is 12.9. The van der Waals surface area contributed by atoms with Crippen molar-refractivity contribution in [3.8, 4) is 0 Å². The van der Waals surface area contributed by atoms with Gasteiger partial charge >= 0.3 is 0 Å². The minimum Gasteiger partial charge on any atom is -0.364 e. The van der Waals surface area contributed by atoms with Crippen LogP contribution in [-0.4, -0.2) is 50.1 Å². The Labute approximate surface area is 110 Å². The van der Waals surface area contributed by atoms with E-state index < -0.39 is 43.2 Å². The molecule has 0 radical (unpaired) electrons. The van der Waals surface area contributed by atoms with Crippen LogP contribution in [0.3, 0.4) is 0 Å². The third kappa shape index (κ3) is 2.50. The van der Waals surface area contributed by atoms with Crippen molar-refractivity contribution < 1.29 is 27.5 Å². The maximum atomic E-state index is 12.9. The summed E-state index contributed by atoms with van der Waals surface area (Å²) in [5, 5.41) is 16.5. The van der Waals surface area contributed by atoms with Crippen molar-refractivity contribution in [2.24, 2.45) is 5.10 Å². The Bertz CT molecular complexity index is 519. The van der Waals surface area contributed by atoms with Crippen molar-refractivity contribution in [1.29, 1.82) is 0 Å². The predicted molar refractivity (Wildman–Crippen MR) is 58.1 cm³/mol. The Balaban J connectivity index is 2.23. The molecular formula is C10H10F4N4O2. The zero-order valence-electron chi connectivity index (χ0n) is 9.96. The molecule has 0 fully saturated rings. The lowest BCUT2D eigenvalue weighted by Gasteiger charge is -2.29. The molecule has 0 bridgehead atoms. The number of hydrazone groups is 1. The summed E-state index contributed by atoms with van der Waals surface area (Å²) in [6.07, 6.45) is -4.91. The lowest BCUT2D eigenvalue weighted by molar-refractivity contribution is -0.192. The van der Waals surface area contributed by atoms with Crippen LogP contribution in [0.1, 0.15) is 6.42 Å². The second kappa shape index (κ2) is 5.19. The van der Waals surface area contributed by atoms with Crippen LogP contribution in [0.25, 0.3) is 0 Å². The predicted octanol–water partition coefficient (Wildman–Crippen LogP) is 0.690. The first-order valence-corrected chi connectivity index (χ1v) is 5.51. The van der Waals surface area contributed by atoms with Crippen LogP contribution in [0.4, 0.5) is 17.6 Å². The summed E-state index contributed by atoms with van der Waals surface area (Å²) in [4.78, 5) is 11.8. The topological polar surface area (TPSA) is 70.7 Å². The van der Waals surface area contributed by atoms with Crippen LogP contribution in [0, 0.1) is 0 Å². The molecule has 1 aliphatic rings.